The van der Waals surface area contributed by atoms with E-state index < -0.39 is 0 Å². The number of anilines is 1. The minimum Gasteiger partial charge on any atom is -0.360 e. The number of benzene rings is 2. The van der Waals surface area contributed by atoms with Crippen molar-refractivity contribution in [3.63, 3.8) is 0 Å². The van der Waals surface area contributed by atoms with E-state index in [0.29, 0.717) is 23.7 Å². The molecular formula is C21H19N3O3S. The van der Waals surface area contributed by atoms with Crippen LogP contribution in [0.4, 0.5) is 5.82 Å². The third-order valence-electron chi connectivity index (χ3n) is 4.46. The van der Waals surface area contributed by atoms with Gasteiger partial charge in [-0.3, -0.25) is 9.59 Å². The van der Waals surface area contributed by atoms with E-state index in [0.717, 1.165) is 11.1 Å². The summed E-state index contributed by atoms with van der Waals surface area (Å²) in [5, 5.41) is 6.28. The topological polar surface area (TPSA) is 75.4 Å². The molecule has 1 aromatic heterocycles. The molecule has 0 saturated heterocycles. The quantitative estimate of drug-likeness (QED) is 0.685. The number of carbonyl (C=O) groups excluding carboxylic acids is 2. The Morgan fingerprint density at radius 3 is 2.68 bits per heavy atom. The van der Waals surface area contributed by atoms with Crippen LogP contribution < -0.4 is 5.32 Å². The highest BCUT2D eigenvalue weighted by atomic mass is 32.2. The predicted molar refractivity (Wildman–Crippen MR) is 108 cm³/mol. The number of hydrogen-bond donors (Lipinski definition) is 1. The SMILES string of the molecule is Cc1cc(NC(=O)CS[C@H]2c3ccccc3C(=O)N2Cc2ccccc2)no1. The number of aromatic nitrogens is 1. The summed E-state index contributed by atoms with van der Waals surface area (Å²) in [7, 11) is 0. The molecule has 1 aliphatic heterocycles. The normalized spacial score (nSPS) is 15.5. The zero-order valence-electron chi connectivity index (χ0n) is 15.3. The van der Waals surface area contributed by atoms with E-state index in [1.807, 2.05) is 59.5 Å². The molecule has 142 valence electrons. The maximum atomic E-state index is 12.9. The summed E-state index contributed by atoms with van der Waals surface area (Å²) in [4.78, 5) is 27.1. The van der Waals surface area contributed by atoms with Crippen molar-refractivity contribution in [3.8, 4) is 0 Å². The number of hydrogen-bond acceptors (Lipinski definition) is 5. The van der Waals surface area contributed by atoms with E-state index in [2.05, 4.69) is 10.5 Å². The summed E-state index contributed by atoms with van der Waals surface area (Å²) in [6.07, 6.45) is 0. The molecule has 6 nitrogen and oxygen atoms in total. The van der Waals surface area contributed by atoms with Gasteiger partial charge in [0.2, 0.25) is 5.91 Å². The van der Waals surface area contributed by atoms with Gasteiger partial charge in [0, 0.05) is 18.2 Å². The third-order valence-corrected chi connectivity index (χ3v) is 5.72. The minimum atomic E-state index is -0.214. The lowest BCUT2D eigenvalue weighted by molar-refractivity contribution is -0.113. The zero-order chi connectivity index (χ0) is 19.5. The average Bonchev–Trinajstić information content (AvgIpc) is 3.23. The van der Waals surface area contributed by atoms with Crippen LogP contribution in [0.25, 0.3) is 0 Å². The fourth-order valence-corrected chi connectivity index (χ4v) is 4.33. The van der Waals surface area contributed by atoms with Crippen molar-refractivity contribution < 1.29 is 14.1 Å². The first-order chi connectivity index (χ1) is 13.6. The van der Waals surface area contributed by atoms with E-state index >= 15 is 0 Å². The average molecular weight is 393 g/mol. The largest absolute Gasteiger partial charge is 0.360 e. The second-order valence-electron chi connectivity index (χ2n) is 6.54. The first kappa shape index (κ1) is 18.3. The molecule has 1 atom stereocenters. The second kappa shape index (κ2) is 7.90. The third kappa shape index (κ3) is 3.80. The van der Waals surface area contributed by atoms with Gasteiger partial charge in [-0.15, -0.1) is 11.8 Å². The smallest absolute Gasteiger partial charge is 0.255 e. The molecule has 4 rings (SSSR count). The van der Waals surface area contributed by atoms with Crippen LogP contribution in [-0.2, 0) is 11.3 Å². The van der Waals surface area contributed by atoms with E-state index in [-0.39, 0.29) is 22.9 Å². The van der Waals surface area contributed by atoms with Crippen LogP contribution in [0.5, 0.6) is 0 Å². The molecule has 0 radical (unpaired) electrons. The Kier molecular flexibility index (Phi) is 5.16. The van der Waals surface area contributed by atoms with Crippen molar-refractivity contribution >= 4 is 29.4 Å². The molecule has 7 heteroatoms. The molecular weight excluding hydrogens is 374 g/mol. The Morgan fingerprint density at radius 1 is 1.18 bits per heavy atom. The van der Waals surface area contributed by atoms with Gasteiger partial charge in [-0.1, -0.05) is 53.7 Å². The van der Waals surface area contributed by atoms with Gasteiger partial charge in [-0.2, -0.15) is 0 Å². The maximum absolute atomic E-state index is 12.9. The van der Waals surface area contributed by atoms with Crippen LogP contribution >= 0.6 is 11.8 Å². The van der Waals surface area contributed by atoms with Gasteiger partial charge in [0.25, 0.3) is 5.91 Å². The number of fused-ring (bicyclic) bond motifs is 1. The molecule has 0 fully saturated rings. The molecule has 0 unspecified atom stereocenters. The number of nitrogens with one attached hydrogen (secondary N) is 1. The summed E-state index contributed by atoms with van der Waals surface area (Å²) in [5.41, 5.74) is 2.69. The molecule has 0 aliphatic carbocycles. The minimum absolute atomic E-state index is 0.00973. The number of aryl methyl sites for hydroxylation is 1. The Balaban J connectivity index is 1.50. The van der Waals surface area contributed by atoms with Gasteiger partial charge < -0.3 is 14.7 Å². The van der Waals surface area contributed by atoms with Crippen molar-refractivity contribution in [2.45, 2.75) is 18.8 Å². The summed E-state index contributed by atoms with van der Waals surface area (Å²) >= 11 is 1.43. The fraction of sp³-hybridized carbons (Fsp3) is 0.190. The molecule has 2 aromatic carbocycles. The lowest BCUT2D eigenvalue weighted by Crippen LogP contribution is -2.27. The standard InChI is InChI=1S/C21H19N3O3S/c1-14-11-18(23-27-14)22-19(25)13-28-21-17-10-6-5-9-16(17)20(26)24(21)12-15-7-3-2-4-8-15/h2-11,21H,12-13H2,1H3,(H,22,23,25)/t21-/m0/s1. The highest BCUT2D eigenvalue weighted by Crippen LogP contribution is 2.42. The van der Waals surface area contributed by atoms with Gasteiger partial charge in [-0.05, 0) is 24.1 Å². The lowest BCUT2D eigenvalue weighted by atomic mass is 10.1. The number of rotatable bonds is 6. The molecule has 0 bridgehead atoms. The van der Waals surface area contributed by atoms with Crippen LogP contribution in [0.3, 0.4) is 0 Å². The molecule has 28 heavy (non-hydrogen) atoms. The van der Waals surface area contributed by atoms with Gasteiger partial charge >= 0.3 is 0 Å². The van der Waals surface area contributed by atoms with Crippen LogP contribution in [0, 0.1) is 6.92 Å². The monoisotopic (exact) mass is 393 g/mol. The maximum Gasteiger partial charge on any atom is 0.255 e. The number of nitrogens with zero attached hydrogens (tertiary/aromatic N) is 2. The highest BCUT2D eigenvalue weighted by molar-refractivity contribution is 8.00. The predicted octanol–water partition coefficient (Wildman–Crippen LogP) is 4.01. The van der Waals surface area contributed by atoms with Gasteiger partial charge in [0.15, 0.2) is 5.82 Å². The highest BCUT2D eigenvalue weighted by Gasteiger charge is 2.36. The zero-order valence-corrected chi connectivity index (χ0v) is 16.1. The Bertz CT molecular complexity index is 1000. The van der Waals surface area contributed by atoms with Crippen LogP contribution in [0.15, 0.2) is 65.2 Å². The summed E-state index contributed by atoms with van der Waals surface area (Å²) in [6.45, 7) is 2.26. The van der Waals surface area contributed by atoms with Crippen molar-refractivity contribution in [2.24, 2.45) is 0 Å². The second-order valence-corrected chi connectivity index (χ2v) is 7.61. The first-order valence-electron chi connectivity index (χ1n) is 8.90. The van der Waals surface area contributed by atoms with E-state index in [4.69, 9.17) is 4.52 Å². The Morgan fingerprint density at radius 2 is 1.93 bits per heavy atom. The van der Waals surface area contributed by atoms with Gasteiger partial charge in [-0.25, -0.2) is 0 Å². The summed E-state index contributed by atoms with van der Waals surface area (Å²) in [6, 6.07) is 19.1. The molecule has 2 heterocycles. The lowest BCUT2D eigenvalue weighted by Gasteiger charge is -2.25. The van der Waals surface area contributed by atoms with Crippen molar-refractivity contribution in [1.29, 1.82) is 0 Å². The van der Waals surface area contributed by atoms with Crippen molar-refractivity contribution in [2.75, 3.05) is 11.1 Å². The number of carbonyl (C=O) groups is 2. The number of thioether (sulfide) groups is 1. The Labute approximate surface area is 166 Å². The summed E-state index contributed by atoms with van der Waals surface area (Å²) in [5.74, 6) is 1.03. The molecule has 3 aromatic rings. The van der Waals surface area contributed by atoms with Gasteiger partial charge in [0.1, 0.15) is 11.1 Å². The van der Waals surface area contributed by atoms with E-state index in [9.17, 15) is 9.59 Å². The van der Waals surface area contributed by atoms with Crippen LogP contribution in [0.1, 0.15) is 32.6 Å². The Hall–Kier alpha value is -3.06. The van der Waals surface area contributed by atoms with Crippen LogP contribution in [-0.4, -0.2) is 27.6 Å². The first-order valence-corrected chi connectivity index (χ1v) is 9.95. The van der Waals surface area contributed by atoms with E-state index in [1.54, 1.807) is 13.0 Å². The molecule has 0 spiro atoms. The number of amides is 2. The molecule has 1 aliphatic rings. The van der Waals surface area contributed by atoms with E-state index in [1.165, 1.54) is 11.8 Å². The molecule has 0 saturated carbocycles. The van der Waals surface area contributed by atoms with Crippen LogP contribution in [0.2, 0.25) is 0 Å². The fourth-order valence-electron chi connectivity index (χ4n) is 3.21. The summed E-state index contributed by atoms with van der Waals surface area (Å²) < 4.78 is 4.96. The van der Waals surface area contributed by atoms with Gasteiger partial charge in [0.05, 0.1) is 5.75 Å². The van der Waals surface area contributed by atoms with Crippen molar-refractivity contribution in [3.05, 3.63) is 83.1 Å². The molecule has 2 amide bonds. The van der Waals surface area contributed by atoms with Crippen molar-refractivity contribution in [1.82, 2.24) is 10.1 Å². The molecule has 1 N–H and O–H groups in total.